The van der Waals surface area contributed by atoms with Crippen molar-refractivity contribution in [3.63, 3.8) is 0 Å². The van der Waals surface area contributed by atoms with Crippen LogP contribution in [0.15, 0.2) is 84.9 Å². The summed E-state index contributed by atoms with van der Waals surface area (Å²) in [4.78, 5) is 0. The molecule has 4 rings (SSSR count). The van der Waals surface area contributed by atoms with Crippen LogP contribution in [0.4, 0.5) is 0 Å². The lowest BCUT2D eigenvalue weighted by molar-refractivity contribution is 0.541. The van der Waals surface area contributed by atoms with Crippen molar-refractivity contribution in [3.8, 4) is 22.6 Å². The van der Waals surface area contributed by atoms with Crippen LogP contribution in [0.3, 0.4) is 0 Å². The molecule has 0 bridgehead atoms. The van der Waals surface area contributed by atoms with Crippen LogP contribution in [0.5, 0.6) is 11.5 Å². The molecule has 0 aromatic heterocycles. The highest BCUT2D eigenvalue weighted by Crippen LogP contribution is 2.36. The molecule has 0 saturated heterocycles. The third-order valence-corrected chi connectivity index (χ3v) is 9.49. The van der Waals surface area contributed by atoms with Gasteiger partial charge in [-0.25, -0.2) is 0 Å². The minimum absolute atomic E-state index is 0.0295. The molecule has 0 spiro atoms. The Bertz CT molecular complexity index is 1510. The van der Waals surface area contributed by atoms with Crippen molar-refractivity contribution in [2.45, 2.75) is 92.9 Å². The summed E-state index contributed by atoms with van der Waals surface area (Å²) in [5.74, 6) is 3.22. The fourth-order valence-electron chi connectivity index (χ4n) is 5.28. The van der Waals surface area contributed by atoms with E-state index >= 15 is 0 Å². The van der Waals surface area contributed by atoms with E-state index in [1.165, 1.54) is 44.0 Å². The third kappa shape index (κ3) is 9.67. The maximum Gasteiger partial charge on any atom is 0.127 e. The van der Waals surface area contributed by atoms with E-state index in [1.54, 1.807) is 0 Å². The van der Waals surface area contributed by atoms with Gasteiger partial charge in [0.25, 0.3) is 0 Å². The van der Waals surface area contributed by atoms with E-state index in [0.717, 1.165) is 24.3 Å². The average Bonchev–Trinajstić information content (AvgIpc) is 2.95. The Balaban J connectivity index is 1.39. The Hall–Kier alpha value is -2.66. The third-order valence-electron chi connectivity index (χ3n) is 7.71. The lowest BCUT2D eigenvalue weighted by atomic mass is 9.84. The summed E-state index contributed by atoms with van der Waals surface area (Å²) in [6.07, 6.45) is 2.11. The van der Waals surface area contributed by atoms with Crippen LogP contribution >= 0.6 is 17.6 Å². The summed E-state index contributed by atoms with van der Waals surface area (Å²) in [7, 11) is 0.538. The van der Waals surface area contributed by atoms with E-state index in [4.69, 9.17) is 9.05 Å². The number of hydrogen-bond donors (Lipinski definition) is 0. The van der Waals surface area contributed by atoms with Crippen LogP contribution < -0.4 is 19.7 Å². The van der Waals surface area contributed by atoms with Gasteiger partial charge in [-0.3, -0.25) is 0 Å². The summed E-state index contributed by atoms with van der Waals surface area (Å²) in [5.41, 5.74) is 7.90. The Morgan fingerprint density at radius 3 is 1.52 bits per heavy atom. The molecule has 2 nitrogen and oxygen atoms in total. The Morgan fingerprint density at radius 2 is 1.05 bits per heavy atom. The molecule has 0 aliphatic rings. The summed E-state index contributed by atoms with van der Waals surface area (Å²) in [5, 5.41) is 2.39. The maximum absolute atomic E-state index is 6.40. The molecular weight excluding hydrogens is 574 g/mol. The standard InChI is InChI=1S/C40H52O2P2/c1-27(2)23-29-11-21-38(36(25-29)40(8,9)10)42-44-35-19-14-31(15-20-35)30-12-17-34(18-13-30)43-41-37-22-16-33(39(5,6)7)26-32(37)24-28(3)4/h11-22,25-28,43-44H,23-24H2,1-10H3. The van der Waals surface area contributed by atoms with Crippen molar-refractivity contribution in [1.29, 1.82) is 0 Å². The first kappa shape index (κ1) is 34.2. The molecule has 44 heavy (non-hydrogen) atoms. The van der Waals surface area contributed by atoms with Gasteiger partial charge in [-0.2, -0.15) is 0 Å². The second-order valence-corrected chi connectivity index (χ2v) is 16.9. The molecule has 0 aliphatic carbocycles. The molecule has 0 aliphatic heterocycles. The SMILES string of the molecule is CC(C)Cc1ccc(OPc2ccc(-c3ccc(POc4ccc(C(C)(C)C)cc4CC(C)C)cc3)cc2)c(C(C)(C)C)c1. The summed E-state index contributed by atoms with van der Waals surface area (Å²) >= 11 is 0. The molecule has 0 amide bonds. The topological polar surface area (TPSA) is 18.5 Å². The molecule has 4 heteroatoms. The van der Waals surface area contributed by atoms with Gasteiger partial charge in [-0.1, -0.05) is 142 Å². The van der Waals surface area contributed by atoms with Gasteiger partial charge in [0.2, 0.25) is 0 Å². The maximum atomic E-state index is 6.40. The molecule has 2 unspecified atom stereocenters. The van der Waals surface area contributed by atoms with E-state index in [9.17, 15) is 0 Å². The molecule has 4 aromatic rings. The zero-order chi connectivity index (χ0) is 32.1. The van der Waals surface area contributed by atoms with Crippen molar-refractivity contribution in [2.24, 2.45) is 11.8 Å². The Labute approximate surface area is 271 Å². The van der Waals surface area contributed by atoms with Crippen LogP contribution in [-0.2, 0) is 23.7 Å². The monoisotopic (exact) mass is 626 g/mol. The van der Waals surface area contributed by atoms with Gasteiger partial charge in [0, 0.05) is 16.2 Å². The molecule has 4 aromatic carbocycles. The first-order chi connectivity index (χ1) is 20.7. The molecule has 0 radical (unpaired) electrons. The average molecular weight is 627 g/mol. The number of benzene rings is 4. The van der Waals surface area contributed by atoms with Crippen molar-refractivity contribution < 1.29 is 9.05 Å². The van der Waals surface area contributed by atoms with Crippen molar-refractivity contribution in [3.05, 3.63) is 107 Å². The van der Waals surface area contributed by atoms with Crippen LogP contribution in [-0.4, -0.2) is 0 Å². The van der Waals surface area contributed by atoms with Gasteiger partial charge < -0.3 is 9.05 Å². The van der Waals surface area contributed by atoms with E-state index in [1.807, 2.05) is 0 Å². The van der Waals surface area contributed by atoms with Gasteiger partial charge in [0.1, 0.15) is 29.1 Å². The summed E-state index contributed by atoms with van der Waals surface area (Å²) in [6.45, 7) is 22.7. The highest BCUT2D eigenvalue weighted by Gasteiger charge is 2.20. The van der Waals surface area contributed by atoms with Crippen LogP contribution in [0, 0.1) is 11.8 Å². The van der Waals surface area contributed by atoms with Crippen LogP contribution in [0.25, 0.3) is 11.1 Å². The lowest BCUT2D eigenvalue weighted by Crippen LogP contribution is -2.13. The predicted molar refractivity (Wildman–Crippen MR) is 196 cm³/mol. The Morgan fingerprint density at radius 1 is 0.545 bits per heavy atom. The fourth-order valence-corrected chi connectivity index (χ4v) is 6.72. The van der Waals surface area contributed by atoms with E-state index in [2.05, 4.69) is 154 Å². The van der Waals surface area contributed by atoms with Crippen molar-refractivity contribution in [1.82, 2.24) is 0 Å². The minimum atomic E-state index is 0.0295. The van der Waals surface area contributed by atoms with Crippen molar-refractivity contribution in [2.75, 3.05) is 0 Å². The quantitative estimate of drug-likeness (QED) is 0.154. The zero-order valence-electron chi connectivity index (χ0n) is 28.5. The first-order valence-electron chi connectivity index (χ1n) is 16.0. The summed E-state index contributed by atoms with van der Waals surface area (Å²) < 4.78 is 12.8. The van der Waals surface area contributed by atoms with Gasteiger partial charge in [0.15, 0.2) is 0 Å². The van der Waals surface area contributed by atoms with E-state index in [-0.39, 0.29) is 28.4 Å². The molecule has 0 heterocycles. The van der Waals surface area contributed by atoms with Gasteiger partial charge in [-0.05, 0) is 75.5 Å². The van der Waals surface area contributed by atoms with Gasteiger partial charge in [-0.15, -0.1) is 0 Å². The molecule has 0 saturated carbocycles. The molecule has 234 valence electrons. The van der Waals surface area contributed by atoms with Gasteiger partial charge in [0.05, 0.1) is 0 Å². The number of hydrogen-bond acceptors (Lipinski definition) is 2. The first-order valence-corrected chi connectivity index (χ1v) is 17.8. The second-order valence-electron chi connectivity index (χ2n) is 14.9. The highest BCUT2D eigenvalue weighted by molar-refractivity contribution is 7.42. The minimum Gasteiger partial charge on any atom is -0.472 e. The Kier molecular flexibility index (Phi) is 11.4. The highest BCUT2D eigenvalue weighted by atomic mass is 31.1. The predicted octanol–water partition coefficient (Wildman–Crippen LogP) is 10.9. The second kappa shape index (κ2) is 14.6. The van der Waals surface area contributed by atoms with E-state index in [0.29, 0.717) is 11.8 Å². The zero-order valence-corrected chi connectivity index (χ0v) is 30.5. The van der Waals surface area contributed by atoms with Gasteiger partial charge >= 0.3 is 0 Å². The van der Waals surface area contributed by atoms with Crippen LogP contribution in [0.1, 0.15) is 91.5 Å². The van der Waals surface area contributed by atoms with Crippen molar-refractivity contribution >= 4 is 28.2 Å². The molecule has 0 fully saturated rings. The molecule has 0 N–H and O–H groups in total. The normalized spacial score (nSPS) is 12.7. The largest absolute Gasteiger partial charge is 0.472 e. The summed E-state index contributed by atoms with van der Waals surface area (Å²) in [6, 6.07) is 31.0. The molecular formula is C40H52O2P2. The molecule has 2 atom stereocenters. The van der Waals surface area contributed by atoms with Crippen LogP contribution in [0.2, 0.25) is 0 Å². The smallest absolute Gasteiger partial charge is 0.127 e. The lowest BCUT2D eigenvalue weighted by Gasteiger charge is -2.24. The number of rotatable bonds is 11. The van der Waals surface area contributed by atoms with E-state index < -0.39 is 0 Å². The fraction of sp³-hybridized carbons (Fsp3) is 0.400.